The normalized spacial score (nSPS) is 11.6. The summed E-state index contributed by atoms with van der Waals surface area (Å²) in [6, 6.07) is 2.98. The molecule has 2 aromatic rings. The summed E-state index contributed by atoms with van der Waals surface area (Å²) in [6.45, 7) is 5.99. The Hall–Kier alpha value is -1.89. The van der Waals surface area contributed by atoms with Gasteiger partial charge < -0.3 is 9.63 Å². The number of carboxylic acids is 1. The molecule has 0 radical (unpaired) electrons. The molecule has 2 rings (SSSR count). The van der Waals surface area contributed by atoms with Crippen LogP contribution in [-0.4, -0.2) is 26.2 Å². The third-order valence-corrected chi connectivity index (χ3v) is 3.36. The molecule has 0 aliphatic heterocycles. The van der Waals surface area contributed by atoms with Crippen LogP contribution in [0.15, 0.2) is 27.9 Å². The van der Waals surface area contributed by atoms with Crippen LogP contribution in [0.5, 0.6) is 0 Å². The molecule has 1 N–H and O–H groups in total. The Labute approximate surface area is 120 Å². The molecule has 0 bridgehead atoms. The largest absolute Gasteiger partial charge is 0.478 e. The monoisotopic (exact) mass is 293 g/mol. The molecular formula is C13H15N3O3S. The second-order valence-corrected chi connectivity index (χ2v) is 6.24. The lowest BCUT2D eigenvalue weighted by molar-refractivity contribution is 0.0696. The molecule has 0 fully saturated rings. The highest BCUT2D eigenvalue weighted by atomic mass is 32.2. The summed E-state index contributed by atoms with van der Waals surface area (Å²) in [5, 5.41) is 13.4. The van der Waals surface area contributed by atoms with Crippen molar-refractivity contribution >= 4 is 17.7 Å². The highest BCUT2D eigenvalue weighted by Gasteiger charge is 2.21. The van der Waals surface area contributed by atoms with Crippen LogP contribution in [0.3, 0.4) is 0 Å². The summed E-state index contributed by atoms with van der Waals surface area (Å²) in [4.78, 5) is 19.3. The molecule has 2 heterocycles. The summed E-state index contributed by atoms with van der Waals surface area (Å²) < 4.78 is 5.19. The Kier molecular flexibility index (Phi) is 4.08. The fraction of sp³-hybridized carbons (Fsp3) is 0.385. The van der Waals surface area contributed by atoms with E-state index in [0.29, 0.717) is 22.5 Å². The predicted octanol–water partition coefficient (Wildman–Crippen LogP) is 2.75. The fourth-order valence-electron chi connectivity index (χ4n) is 1.38. The standard InChI is InChI=1S/C13H15N3O3S/c1-13(2,3)12-15-9(16-19-12)7-20-10-6-8(11(17)18)4-5-14-10/h4-6H,7H2,1-3H3,(H,17,18). The minimum absolute atomic E-state index is 0.183. The van der Waals surface area contributed by atoms with Gasteiger partial charge in [0.05, 0.1) is 16.3 Å². The van der Waals surface area contributed by atoms with Crippen molar-refractivity contribution in [2.24, 2.45) is 0 Å². The number of carboxylic acid groups (broad SMARTS) is 1. The number of aromatic carboxylic acids is 1. The first-order chi connectivity index (χ1) is 9.36. The van der Waals surface area contributed by atoms with E-state index < -0.39 is 5.97 Å². The summed E-state index contributed by atoms with van der Waals surface area (Å²) in [5.41, 5.74) is 0.0307. The van der Waals surface area contributed by atoms with Crippen molar-refractivity contribution in [2.45, 2.75) is 37.0 Å². The topological polar surface area (TPSA) is 89.1 Å². The Morgan fingerprint density at radius 1 is 1.45 bits per heavy atom. The van der Waals surface area contributed by atoms with E-state index in [0.717, 1.165) is 0 Å². The van der Waals surface area contributed by atoms with Gasteiger partial charge in [0.2, 0.25) is 5.89 Å². The number of aromatic nitrogens is 3. The van der Waals surface area contributed by atoms with E-state index in [4.69, 9.17) is 9.63 Å². The van der Waals surface area contributed by atoms with Gasteiger partial charge in [-0.05, 0) is 12.1 Å². The molecular weight excluding hydrogens is 278 g/mol. The molecule has 0 aromatic carbocycles. The van der Waals surface area contributed by atoms with Crippen LogP contribution in [0.1, 0.15) is 42.8 Å². The van der Waals surface area contributed by atoms with E-state index in [1.165, 1.54) is 30.1 Å². The zero-order valence-electron chi connectivity index (χ0n) is 11.5. The third kappa shape index (κ3) is 3.57. The van der Waals surface area contributed by atoms with Crippen LogP contribution < -0.4 is 0 Å². The minimum atomic E-state index is -0.969. The molecule has 6 nitrogen and oxygen atoms in total. The molecule has 0 unspecified atom stereocenters. The summed E-state index contributed by atoms with van der Waals surface area (Å²) in [6.07, 6.45) is 1.47. The van der Waals surface area contributed by atoms with Crippen molar-refractivity contribution < 1.29 is 14.4 Å². The summed E-state index contributed by atoms with van der Waals surface area (Å²) in [5.74, 6) is 0.668. The second kappa shape index (κ2) is 5.62. The summed E-state index contributed by atoms with van der Waals surface area (Å²) >= 11 is 1.37. The minimum Gasteiger partial charge on any atom is -0.478 e. The van der Waals surface area contributed by atoms with Gasteiger partial charge in [-0.2, -0.15) is 4.98 Å². The van der Waals surface area contributed by atoms with Crippen LogP contribution in [0.2, 0.25) is 0 Å². The number of hydrogen-bond acceptors (Lipinski definition) is 6. The maximum Gasteiger partial charge on any atom is 0.335 e. The molecule has 2 aromatic heterocycles. The van der Waals surface area contributed by atoms with E-state index in [2.05, 4.69) is 15.1 Å². The number of hydrogen-bond donors (Lipinski definition) is 1. The summed E-state index contributed by atoms with van der Waals surface area (Å²) in [7, 11) is 0. The number of carbonyl (C=O) groups is 1. The fourth-order valence-corrected chi connectivity index (χ4v) is 2.12. The van der Waals surface area contributed by atoms with Gasteiger partial charge in [-0.15, -0.1) is 0 Å². The van der Waals surface area contributed by atoms with Crippen LogP contribution >= 0.6 is 11.8 Å². The Balaban J connectivity index is 2.04. The van der Waals surface area contributed by atoms with Gasteiger partial charge in [-0.1, -0.05) is 37.7 Å². The van der Waals surface area contributed by atoms with Crippen molar-refractivity contribution in [1.29, 1.82) is 0 Å². The highest BCUT2D eigenvalue weighted by Crippen LogP contribution is 2.23. The Morgan fingerprint density at radius 2 is 2.20 bits per heavy atom. The van der Waals surface area contributed by atoms with Crippen molar-refractivity contribution in [2.75, 3.05) is 0 Å². The van der Waals surface area contributed by atoms with Gasteiger partial charge in [0, 0.05) is 11.6 Å². The number of rotatable bonds is 4. The lowest BCUT2D eigenvalue weighted by atomic mass is 9.97. The van der Waals surface area contributed by atoms with E-state index in [9.17, 15) is 4.79 Å². The number of thioether (sulfide) groups is 1. The lowest BCUT2D eigenvalue weighted by Gasteiger charge is -2.10. The van der Waals surface area contributed by atoms with Gasteiger partial charge >= 0.3 is 5.97 Å². The van der Waals surface area contributed by atoms with Crippen molar-refractivity contribution in [1.82, 2.24) is 15.1 Å². The van der Waals surface area contributed by atoms with Crippen LogP contribution in [0, 0.1) is 0 Å². The van der Waals surface area contributed by atoms with Gasteiger partial charge in [0.15, 0.2) is 5.82 Å². The lowest BCUT2D eigenvalue weighted by Crippen LogP contribution is -2.11. The molecule has 0 aliphatic rings. The highest BCUT2D eigenvalue weighted by molar-refractivity contribution is 7.98. The molecule has 0 spiro atoms. The zero-order valence-corrected chi connectivity index (χ0v) is 12.3. The quantitative estimate of drug-likeness (QED) is 0.867. The molecule has 0 atom stereocenters. The second-order valence-electron chi connectivity index (χ2n) is 5.24. The average Bonchev–Trinajstić information content (AvgIpc) is 2.85. The molecule has 0 saturated carbocycles. The predicted molar refractivity (Wildman–Crippen MR) is 73.8 cm³/mol. The molecule has 0 aliphatic carbocycles. The average molecular weight is 293 g/mol. The van der Waals surface area contributed by atoms with Crippen molar-refractivity contribution in [3.05, 3.63) is 35.6 Å². The van der Waals surface area contributed by atoms with Gasteiger partial charge in [0.1, 0.15) is 0 Å². The Bertz CT molecular complexity index is 619. The Morgan fingerprint density at radius 3 is 2.80 bits per heavy atom. The first-order valence-electron chi connectivity index (χ1n) is 6.01. The van der Waals surface area contributed by atoms with Crippen molar-refractivity contribution in [3.8, 4) is 0 Å². The molecule has 7 heteroatoms. The SMILES string of the molecule is CC(C)(C)c1nc(CSc2cc(C(=O)O)ccn2)no1. The van der Waals surface area contributed by atoms with Crippen LogP contribution in [0.4, 0.5) is 0 Å². The van der Waals surface area contributed by atoms with E-state index >= 15 is 0 Å². The van der Waals surface area contributed by atoms with Gasteiger partial charge in [-0.25, -0.2) is 9.78 Å². The number of nitrogens with zero attached hydrogens (tertiary/aromatic N) is 3. The maximum absolute atomic E-state index is 10.9. The number of pyridine rings is 1. The van der Waals surface area contributed by atoms with E-state index in [1.54, 1.807) is 0 Å². The van der Waals surface area contributed by atoms with Crippen LogP contribution in [-0.2, 0) is 11.2 Å². The zero-order chi connectivity index (χ0) is 14.8. The third-order valence-electron chi connectivity index (χ3n) is 2.44. The molecule has 20 heavy (non-hydrogen) atoms. The van der Waals surface area contributed by atoms with Gasteiger partial charge in [-0.3, -0.25) is 0 Å². The molecule has 0 amide bonds. The van der Waals surface area contributed by atoms with E-state index in [-0.39, 0.29) is 11.0 Å². The van der Waals surface area contributed by atoms with Crippen molar-refractivity contribution in [3.63, 3.8) is 0 Å². The molecule has 106 valence electrons. The first-order valence-corrected chi connectivity index (χ1v) is 7.00. The van der Waals surface area contributed by atoms with Gasteiger partial charge in [0.25, 0.3) is 0 Å². The first kappa shape index (κ1) is 14.5. The smallest absolute Gasteiger partial charge is 0.335 e. The molecule has 0 saturated heterocycles. The maximum atomic E-state index is 10.9. The van der Waals surface area contributed by atoms with Crippen LogP contribution in [0.25, 0.3) is 0 Å². The van der Waals surface area contributed by atoms with E-state index in [1.807, 2.05) is 20.8 Å².